The lowest BCUT2D eigenvalue weighted by Gasteiger charge is -2.43. The zero-order valence-electron chi connectivity index (χ0n) is 16.3. The molecule has 5 heteroatoms. The van der Waals surface area contributed by atoms with Crippen LogP contribution in [-0.4, -0.2) is 60.6 Å². The maximum atomic E-state index is 13.8. The number of ether oxygens (including phenoxy) is 1. The van der Waals surface area contributed by atoms with Gasteiger partial charge in [-0.2, -0.15) is 0 Å². The first-order chi connectivity index (χ1) is 13.1. The maximum absolute atomic E-state index is 13.8. The lowest BCUT2D eigenvalue weighted by atomic mass is 9.77. The lowest BCUT2D eigenvalue weighted by Crippen LogP contribution is -2.54. The van der Waals surface area contributed by atoms with Gasteiger partial charge in [0.15, 0.2) is 0 Å². The van der Waals surface area contributed by atoms with Crippen molar-refractivity contribution in [2.24, 2.45) is 0 Å². The fourth-order valence-corrected chi connectivity index (χ4v) is 5.30. The molecule has 2 heterocycles. The first kappa shape index (κ1) is 18.9. The summed E-state index contributed by atoms with van der Waals surface area (Å²) in [5, 5.41) is 0. The molecule has 0 spiro atoms. The van der Waals surface area contributed by atoms with Crippen molar-refractivity contribution in [1.82, 2.24) is 9.80 Å². The Balaban J connectivity index is 1.44. The van der Waals surface area contributed by atoms with Crippen molar-refractivity contribution in [2.75, 3.05) is 32.8 Å². The van der Waals surface area contributed by atoms with Crippen molar-refractivity contribution in [2.45, 2.75) is 63.0 Å². The molecule has 1 unspecified atom stereocenters. The first-order valence-corrected chi connectivity index (χ1v) is 10.5. The third kappa shape index (κ3) is 3.77. The van der Waals surface area contributed by atoms with Gasteiger partial charge in [0.2, 0.25) is 5.91 Å². The first-order valence-electron chi connectivity index (χ1n) is 10.5. The smallest absolute Gasteiger partial charge is 0.233 e. The molecule has 2 aliphatic heterocycles. The molecule has 1 aromatic carbocycles. The topological polar surface area (TPSA) is 32.8 Å². The highest BCUT2D eigenvalue weighted by Gasteiger charge is 2.45. The summed E-state index contributed by atoms with van der Waals surface area (Å²) in [5.41, 5.74) is 0.358. The number of hydrogen-bond acceptors (Lipinski definition) is 3. The standard InChI is InChI=1S/C22H31FN2O2/c1-17-16-25(13-14-27-17)20-7-11-24(12-8-20)21(26)22(9-2-3-10-22)18-5-4-6-19(23)15-18/h4-6,15,17,20H,2-3,7-14,16H2,1H3. The van der Waals surface area contributed by atoms with E-state index >= 15 is 0 Å². The molecule has 0 aromatic heterocycles. The zero-order chi connectivity index (χ0) is 18.9. The van der Waals surface area contributed by atoms with Gasteiger partial charge >= 0.3 is 0 Å². The average molecular weight is 375 g/mol. The van der Waals surface area contributed by atoms with E-state index in [1.165, 1.54) is 6.07 Å². The van der Waals surface area contributed by atoms with E-state index in [9.17, 15) is 9.18 Å². The second kappa shape index (κ2) is 7.88. The predicted octanol–water partition coefficient (Wildman–Crippen LogP) is 3.35. The fourth-order valence-electron chi connectivity index (χ4n) is 5.30. The minimum Gasteiger partial charge on any atom is -0.376 e. The van der Waals surface area contributed by atoms with E-state index in [2.05, 4.69) is 16.7 Å². The molecule has 1 saturated carbocycles. The number of halogens is 1. The molecular weight excluding hydrogens is 343 g/mol. The Morgan fingerprint density at radius 3 is 2.59 bits per heavy atom. The van der Waals surface area contributed by atoms with Crippen molar-refractivity contribution in [3.05, 3.63) is 35.6 Å². The molecule has 3 fully saturated rings. The molecule has 1 atom stereocenters. The number of amides is 1. The zero-order valence-corrected chi connectivity index (χ0v) is 16.3. The number of carbonyl (C=O) groups is 1. The van der Waals surface area contributed by atoms with Crippen molar-refractivity contribution in [1.29, 1.82) is 0 Å². The van der Waals surface area contributed by atoms with Gasteiger partial charge in [-0.05, 0) is 50.3 Å². The van der Waals surface area contributed by atoms with Crippen LogP contribution >= 0.6 is 0 Å². The van der Waals surface area contributed by atoms with Crippen LogP contribution in [-0.2, 0) is 14.9 Å². The van der Waals surface area contributed by atoms with E-state index in [1.807, 2.05) is 6.07 Å². The van der Waals surface area contributed by atoms with Crippen LogP contribution in [0.25, 0.3) is 0 Å². The van der Waals surface area contributed by atoms with Crippen LogP contribution in [0.5, 0.6) is 0 Å². The van der Waals surface area contributed by atoms with E-state index in [0.717, 1.165) is 76.9 Å². The Labute approximate surface area is 161 Å². The molecule has 0 N–H and O–H groups in total. The third-order valence-corrected chi connectivity index (χ3v) is 6.78. The summed E-state index contributed by atoms with van der Waals surface area (Å²) >= 11 is 0. The normalized spacial score (nSPS) is 27.0. The van der Waals surface area contributed by atoms with Crippen molar-refractivity contribution >= 4 is 5.91 Å². The van der Waals surface area contributed by atoms with Crippen LogP contribution in [0.4, 0.5) is 4.39 Å². The summed E-state index contributed by atoms with van der Waals surface area (Å²) in [5.74, 6) is -0.0221. The summed E-state index contributed by atoms with van der Waals surface area (Å²) in [7, 11) is 0. The van der Waals surface area contributed by atoms with Crippen LogP contribution < -0.4 is 0 Å². The lowest BCUT2D eigenvalue weighted by molar-refractivity contribution is -0.139. The molecule has 2 saturated heterocycles. The molecule has 4 rings (SSSR count). The summed E-state index contributed by atoms with van der Waals surface area (Å²) in [6.07, 6.45) is 6.13. The highest BCUT2D eigenvalue weighted by atomic mass is 19.1. The Morgan fingerprint density at radius 2 is 1.93 bits per heavy atom. The Morgan fingerprint density at radius 1 is 1.19 bits per heavy atom. The molecule has 27 heavy (non-hydrogen) atoms. The number of benzene rings is 1. The minimum atomic E-state index is -0.511. The Hall–Kier alpha value is -1.46. The highest BCUT2D eigenvalue weighted by molar-refractivity contribution is 5.88. The van der Waals surface area contributed by atoms with Gasteiger partial charge in [-0.1, -0.05) is 25.0 Å². The second-order valence-electron chi connectivity index (χ2n) is 8.50. The van der Waals surface area contributed by atoms with Gasteiger partial charge < -0.3 is 9.64 Å². The van der Waals surface area contributed by atoms with Gasteiger partial charge in [-0.15, -0.1) is 0 Å². The second-order valence-corrected chi connectivity index (χ2v) is 8.50. The van der Waals surface area contributed by atoms with Crippen LogP contribution in [0, 0.1) is 5.82 Å². The van der Waals surface area contributed by atoms with Gasteiger partial charge in [0.05, 0.1) is 18.1 Å². The summed E-state index contributed by atoms with van der Waals surface area (Å²) in [6.45, 7) is 6.55. The molecule has 0 bridgehead atoms. The fraction of sp³-hybridized carbons (Fsp3) is 0.682. The van der Waals surface area contributed by atoms with Gasteiger partial charge in [-0.25, -0.2) is 4.39 Å². The molecule has 0 radical (unpaired) electrons. The monoisotopic (exact) mass is 374 g/mol. The molecule has 1 amide bonds. The number of piperidine rings is 1. The quantitative estimate of drug-likeness (QED) is 0.813. The maximum Gasteiger partial charge on any atom is 0.233 e. The van der Waals surface area contributed by atoms with Crippen LogP contribution in [0.1, 0.15) is 51.0 Å². The SMILES string of the molecule is CC1CN(C2CCN(C(=O)C3(c4cccc(F)c4)CCCC3)CC2)CCO1. The number of likely N-dealkylation sites (tertiary alicyclic amines) is 1. The molecule has 4 nitrogen and oxygen atoms in total. The highest BCUT2D eigenvalue weighted by Crippen LogP contribution is 2.43. The van der Waals surface area contributed by atoms with Crippen LogP contribution in [0.3, 0.4) is 0 Å². The number of nitrogens with zero attached hydrogens (tertiary/aromatic N) is 2. The Bertz CT molecular complexity index is 666. The van der Waals surface area contributed by atoms with Crippen molar-refractivity contribution < 1.29 is 13.9 Å². The van der Waals surface area contributed by atoms with E-state index in [4.69, 9.17) is 4.74 Å². The van der Waals surface area contributed by atoms with E-state index in [-0.39, 0.29) is 11.7 Å². The van der Waals surface area contributed by atoms with Crippen LogP contribution in [0.2, 0.25) is 0 Å². The third-order valence-electron chi connectivity index (χ3n) is 6.78. The Kier molecular flexibility index (Phi) is 5.51. The van der Waals surface area contributed by atoms with Gasteiger partial charge in [0.25, 0.3) is 0 Å². The largest absolute Gasteiger partial charge is 0.376 e. The molecule has 1 aromatic rings. The van der Waals surface area contributed by atoms with E-state index in [0.29, 0.717) is 12.1 Å². The average Bonchev–Trinajstić information content (AvgIpc) is 3.19. The van der Waals surface area contributed by atoms with Gasteiger partial charge in [-0.3, -0.25) is 9.69 Å². The van der Waals surface area contributed by atoms with Crippen molar-refractivity contribution in [3.8, 4) is 0 Å². The predicted molar refractivity (Wildman–Crippen MR) is 103 cm³/mol. The van der Waals surface area contributed by atoms with E-state index in [1.54, 1.807) is 12.1 Å². The number of hydrogen-bond donors (Lipinski definition) is 0. The molecule has 3 aliphatic rings. The summed E-state index contributed by atoms with van der Waals surface area (Å²) < 4.78 is 19.5. The van der Waals surface area contributed by atoms with Gasteiger partial charge in [0.1, 0.15) is 5.82 Å². The molecule has 1 aliphatic carbocycles. The minimum absolute atomic E-state index is 0.222. The number of morpholine rings is 1. The van der Waals surface area contributed by atoms with E-state index < -0.39 is 5.41 Å². The molecule has 148 valence electrons. The molecular formula is C22H31FN2O2. The number of rotatable bonds is 3. The van der Waals surface area contributed by atoms with Crippen LogP contribution in [0.15, 0.2) is 24.3 Å². The van der Waals surface area contributed by atoms with Crippen molar-refractivity contribution in [3.63, 3.8) is 0 Å². The summed E-state index contributed by atoms with van der Waals surface area (Å²) in [6, 6.07) is 7.27. The van der Waals surface area contributed by atoms with Gasteiger partial charge in [0, 0.05) is 32.2 Å². The number of carbonyl (C=O) groups excluding carboxylic acids is 1. The summed E-state index contributed by atoms with van der Waals surface area (Å²) in [4.78, 5) is 18.1.